The molecule has 0 bridgehead atoms. The molecule has 2 aromatic heterocycles. The second kappa shape index (κ2) is 9.88. The second-order valence-corrected chi connectivity index (χ2v) is 8.66. The first kappa shape index (κ1) is 20.6. The summed E-state index contributed by atoms with van der Waals surface area (Å²) in [5.74, 6) is 3.05. The zero-order valence-corrected chi connectivity index (χ0v) is 17.4. The molecule has 0 radical (unpaired) electrons. The van der Waals surface area contributed by atoms with Gasteiger partial charge in [0.2, 0.25) is 5.95 Å². The minimum Gasteiger partial charge on any atom is -0.616 e. The molecule has 0 spiro atoms. The highest BCUT2D eigenvalue weighted by atomic mass is 32.2. The molecule has 0 amide bonds. The quantitative estimate of drug-likeness (QED) is 0.361. The van der Waals surface area contributed by atoms with Crippen molar-refractivity contribution in [2.24, 2.45) is 0 Å². The van der Waals surface area contributed by atoms with Crippen molar-refractivity contribution >= 4 is 39.8 Å². The van der Waals surface area contributed by atoms with Gasteiger partial charge in [-0.2, -0.15) is 4.98 Å². The third kappa shape index (κ3) is 4.89. The number of nitrogens with zero attached hydrogens (tertiary/aromatic N) is 5. The predicted octanol–water partition coefficient (Wildman–Crippen LogP) is 1.39. The molecule has 1 aliphatic rings. The van der Waals surface area contributed by atoms with Crippen LogP contribution in [0.25, 0.3) is 11.0 Å². The number of hydrogen-bond donors (Lipinski definition) is 3. The fourth-order valence-corrected chi connectivity index (χ4v) is 4.32. The van der Waals surface area contributed by atoms with Crippen LogP contribution in [0.5, 0.6) is 0 Å². The summed E-state index contributed by atoms with van der Waals surface area (Å²) in [5.41, 5.74) is 2.44. The van der Waals surface area contributed by atoms with Crippen LogP contribution in [0.2, 0.25) is 0 Å². The SMILES string of the molecule is [O-][S+]1CCN(c2nc(NCCCO)nc3c(NCc4ccccc4)ncnc23)CC1. The lowest BCUT2D eigenvalue weighted by atomic mass is 10.2. The number of benzene rings is 1. The molecular weight excluding hydrogens is 402 g/mol. The van der Waals surface area contributed by atoms with Crippen LogP contribution in [0.3, 0.4) is 0 Å². The third-order valence-corrected chi connectivity index (χ3v) is 6.14. The van der Waals surface area contributed by atoms with Crippen LogP contribution in [0, 0.1) is 0 Å². The molecule has 1 aromatic carbocycles. The number of aromatic nitrogens is 4. The van der Waals surface area contributed by atoms with E-state index >= 15 is 0 Å². The van der Waals surface area contributed by atoms with E-state index < -0.39 is 11.2 Å². The summed E-state index contributed by atoms with van der Waals surface area (Å²) in [6.45, 7) is 2.59. The molecule has 158 valence electrons. The van der Waals surface area contributed by atoms with Gasteiger partial charge in [-0.1, -0.05) is 41.5 Å². The van der Waals surface area contributed by atoms with Crippen molar-refractivity contribution in [3.05, 3.63) is 42.2 Å². The first-order chi connectivity index (χ1) is 14.7. The molecule has 1 fully saturated rings. The number of anilines is 3. The summed E-state index contributed by atoms with van der Waals surface area (Å²) in [7, 11) is 0. The Labute approximate surface area is 178 Å². The van der Waals surface area contributed by atoms with Gasteiger partial charge >= 0.3 is 0 Å². The minimum absolute atomic E-state index is 0.0956. The highest BCUT2D eigenvalue weighted by Gasteiger charge is 2.24. The number of aliphatic hydroxyl groups excluding tert-OH is 1. The Bertz CT molecular complexity index is 968. The van der Waals surface area contributed by atoms with E-state index in [0.29, 0.717) is 72.7 Å². The smallest absolute Gasteiger partial charge is 0.225 e. The third-order valence-electron chi connectivity index (χ3n) is 4.86. The Hall–Kier alpha value is -2.69. The van der Waals surface area contributed by atoms with Crippen LogP contribution < -0.4 is 15.5 Å². The Morgan fingerprint density at radius 1 is 1.03 bits per heavy atom. The molecule has 1 saturated heterocycles. The summed E-state index contributed by atoms with van der Waals surface area (Å²) in [4.78, 5) is 20.3. The van der Waals surface area contributed by atoms with Gasteiger partial charge in [-0.25, -0.2) is 15.0 Å². The van der Waals surface area contributed by atoms with Crippen LogP contribution in [-0.4, -0.2) is 67.3 Å². The zero-order chi connectivity index (χ0) is 20.8. The molecule has 4 rings (SSSR count). The maximum absolute atomic E-state index is 11.8. The Kier molecular flexibility index (Phi) is 6.77. The normalized spacial score (nSPS) is 14.8. The Balaban J connectivity index is 1.68. The largest absolute Gasteiger partial charge is 0.616 e. The Morgan fingerprint density at radius 3 is 2.60 bits per heavy atom. The molecule has 0 saturated carbocycles. The molecule has 0 atom stereocenters. The molecule has 0 unspecified atom stereocenters. The summed E-state index contributed by atoms with van der Waals surface area (Å²) >= 11 is -0.782. The highest BCUT2D eigenvalue weighted by Crippen LogP contribution is 2.28. The topological polar surface area (TPSA) is 122 Å². The average Bonchev–Trinajstić information content (AvgIpc) is 2.79. The molecule has 0 aliphatic carbocycles. The van der Waals surface area contributed by atoms with Gasteiger partial charge in [-0.15, -0.1) is 0 Å². The monoisotopic (exact) mass is 427 g/mol. The van der Waals surface area contributed by atoms with Crippen LogP contribution in [0.1, 0.15) is 12.0 Å². The Morgan fingerprint density at radius 2 is 1.83 bits per heavy atom. The second-order valence-electron chi connectivity index (χ2n) is 6.97. The van der Waals surface area contributed by atoms with Crippen LogP contribution in [-0.2, 0) is 17.7 Å². The zero-order valence-electron chi connectivity index (χ0n) is 16.6. The first-order valence-electron chi connectivity index (χ1n) is 10.00. The number of aliphatic hydroxyl groups is 1. The van der Waals surface area contributed by atoms with Crippen LogP contribution in [0.15, 0.2) is 36.7 Å². The van der Waals surface area contributed by atoms with Crippen LogP contribution >= 0.6 is 0 Å². The molecule has 30 heavy (non-hydrogen) atoms. The van der Waals surface area contributed by atoms with Crippen molar-refractivity contribution < 1.29 is 9.66 Å². The highest BCUT2D eigenvalue weighted by molar-refractivity contribution is 7.91. The molecule has 1 aliphatic heterocycles. The van der Waals surface area contributed by atoms with Crippen molar-refractivity contribution in [3.8, 4) is 0 Å². The van der Waals surface area contributed by atoms with E-state index in [9.17, 15) is 4.55 Å². The van der Waals surface area contributed by atoms with Crippen LogP contribution in [0.4, 0.5) is 17.6 Å². The number of rotatable bonds is 8. The number of fused-ring (bicyclic) bond motifs is 1. The predicted molar refractivity (Wildman–Crippen MR) is 119 cm³/mol. The summed E-state index contributed by atoms with van der Waals surface area (Å²) in [6.07, 6.45) is 2.12. The van der Waals surface area contributed by atoms with Crippen molar-refractivity contribution in [1.29, 1.82) is 0 Å². The molecule has 3 heterocycles. The van der Waals surface area contributed by atoms with E-state index in [1.54, 1.807) is 0 Å². The van der Waals surface area contributed by atoms with E-state index in [4.69, 9.17) is 5.11 Å². The standard InChI is InChI=1S/C20H25N7O2S/c28-10-4-7-21-20-25-16-17(19(26-20)27-8-11-30(29)12-9-27)23-14-24-18(16)22-13-15-5-2-1-3-6-15/h1-3,5-6,14,28H,4,7-13H2,(H,21,25,26)(H,22,23,24). The summed E-state index contributed by atoms with van der Waals surface area (Å²) in [6, 6.07) is 10.1. The molecule has 10 heteroatoms. The maximum Gasteiger partial charge on any atom is 0.225 e. The first-order valence-corrected chi connectivity index (χ1v) is 11.5. The summed E-state index contributed by atoms with van der Waals surface area (Å²) in [5, 5.41) is 15.6. The molecule has 3 aromatic rings. The van der Waals surface area contributed by atoms with Gasteiger partial charge < -0.3 is 25.2 Å². The van der Waals surface area contributed by atoms with Crippen molar-refractivity contribution in [2.45, 2.75) is 13.0 Å². The molecule has 3 N–H and O–H groups in total. The lowest BCUT2D eigenvalue weighted by Crippen LogP contribution is -2.41. The van der Waals surface area contributed by atoms with E-state index in [2.05, 4.69) is 35.5 Å². The lowest BCUT2D eigenvalue weighted by molar-refractivity contribution is 0.292. The van der Waals surface area contributed by atoms with Crippen molar-refractivity contribution in [3.63, 3.8) is 0 Å². The summed E-state index contributed by atoms with van der Waals surface area (Å²) < 4.78 is 11.8. The molecular formula is C20H25N7O2S. The van der Waals surface area contributed by atoms with Gasteiger partial charge in [0.05, 0.1) is 13.1 Å². The number of nitrogens with one attached hydrogen (secondary N) is 2. The van der Waals surface area contributed by atoms with Gasteiger partial charge in [-0.05, 0) is 12.0 Å². The van der Waals surface area contributed by atoms with Gasteiger partial charge in [0.1, 0.15) is 28.9 Å². The van der Waals surface area contributed by atoms with Gasteiger partial charge in [0, 0.05) is 19.7 Å². The van der Waals surface area contributed by atoms with E-state index in [1.807, 2.05) is 30.3 Å². The average molecular weight is 428 g/mol. The van der Waals surface area contributed by atoms with E-state index in [0.717, 1.165) is 5.56 Å². The fourth-order valence-electron chi connectivity index (χ4n) is 3.27. The van der Waals surface area contributed by atoms with E-state index in [-0.39, 0.29) is 6.61 Å². The fraction of sp³-hybridized carbons (Fsp3) is 0.400. The minimum atomic E-state index is -0.782. The lowest BCUT2D eigenvalue weighted by Gasteiger charge is -2.29. The number of hydrogen-bond acceptors (Lipinski definition) is 9. The van der Waals surface area contributed by atoms with Crippen molar-refractivity contribution in [1.82, 2.24) is 19.9 Å². The molecule has 9 nitrogen and oxygen atoms in total. The maximum atomic E-state index is 11.8. The van der Waals surface area contributed by atoms with E-state index in [1.165, 1.54) is 6.33 Å². The van der Waals surface area contributed by atoms with Gasteiger partial charge in [0.25, 0.3) is 0 Å². The van der Waals surface area contributed by atoms with Gasteiger partial charge in [0.15, 0.2) is 11.6 Å². The van der Waals surface area contributed by atoms with Gasteiger partial charge in [-0.3, -0.25) is 0 Å². The van der Waals surface area contributed by atoms with Crippen molar-refractivity contribution in [2.75, 3.05) is 53.3 Å².